The van der Waals surface area contributed by atoms with Crippen molar-refractivity contribution in [3.05, 3.63) is 83.9 Å². The fourth-order valence-electron chi connectivity index (χ4n) is 8.30. The van der Waals surface area contributed by atoms with Crippen molar-refractivity contribution in [2.75, 3.05) is 7.11 Å². The SMILES string of the molecule is CCCCCCC(=O)O.COc1ccc(C(=O)NC(Cc2ncc[nH]2)C(=O)O)cc1.O=C(NC(C(=O)O)C12CC3CC(CC(C3)C1)C2)c1ccccc1. The first-order chi connectivity index (χ1) is 25.4. The van der Waals surface area contributed by atoms with Crippen molar-refractivity contribution in [2.24, 2.45) is 23.2 Å². The van der Waals surface area contributed by atoms with E-state index in [0.29, 0.717) is 46.9 Å². The molecule has 4 bridgehead atoms. The van der Waals surface area contributed by atoms with Gasteiger partial charge >= 0.3 is 17.9 Å². The lowest BCUT2D eigenvalue weighted by atomic mass is 9.47. The number of rotatable bonds is 15. The molecule has 7 rings (SSSR count). The van der Waals surface area contributed by atoms with Gasteiger partial charge in [-0.2, -0.15) is 0 Å². The molecule has 4 fully saturated rings. The minimum Gasteiger partial charge on any atom is -0.497 e. The summed E-state index contributed by atoms with van der Waals surface area (Å²) in [6.45, 7) is 2.11. The first kappa shape index (κ1) is 40.6. The lowest BCUT2D eigenvalue weighted by Gasteiger charge is -2.58. The molecule has 13 nitrogen and oxygen atoms in total. The van der Waals surface area contributed by atoms with Crippen LogP contribution in [0.25, 0.3) is 0 Å². The smallest absolute Gasteiger partial charge is 0.326 e. The van der Waals surface area contributed by atoms with Gasteiger partial charge in [0.2, 0.25) is 0 Å². The van der Waals surface area contributed by atoms with Crippen LogP contribution in [0.1, 0.15) is 104 Å². The van der Waals surface area contributed by atoms with Crippen molar-refractivity contribution in [1.82, 2.24) is 20.6 Å². The number of aromatic amines is 1. The molecule has 0 aliphatic heterocycles. The normalized spacial score (nSPS) is 21.7. The van der Waals surface area contributed by atoms with Crippen LogP contribution in [0.3, 0.4) is 0 Å². The molecule has 4 aliphatic carbocycles. The standard InChI is InChI=1S/C19H23NO3.C14H15N3O4.C7H14O2/c21-17(15-4-2-1-3-5-15)20-16(18(22)23)19-9-12-6-13(10-19)8-14(7-12)11-19;1-21-10-4-2-9(3-5-10)13(18)17-11(14(19)20)8-12-15-6-7-16-12;1-2-3-4-5-6-7(8)9/h1-5,12-14,16H,6-11H2,(H,20,21)(H,22,23);2-7,11H,8H2,1H3,(H,15,16)(H,17,18)(H,19,20);2-6H2,1H3,(H,8,9). The number of nitrogens with zero attached hydrogens (tertiary/aromatic N) is 1. The number of carbonyl (C=O) groups excluding carboxylic acids is 2. The molecule has 2 aromatic carbocycles. The van der Waals surface area contributed by atoms with Gasteiger partial charge in [-0.15, -0.1) is 0 Å². The second kappa shape index (κ2) is 19.6. The number of hydrogen-bond donors (Lipinski definition) is 6. The highest BCUT2D eigenvalue weighted by Crippen LogP contribution is 2.61. The molecule has 53 heavy (non-hydrogen) atoms. The van der Waals surface area contributed by atoms with E-state index in [-0.39, 0.29) is 17.7 Å². The molecule has 2 amide bonds. The quantitative estimate of drug-likeness (QED) is 0.101. The predicted molar refractivity (Wildman–Crippen MR) is 197 cm³/mol. The molecule has 3 aromatic rings. The van der Waals surface area contributed by atoms with Gasteiger partial charge in [-0.25, -0.2) is 14.6 Å². The Kier molecular flexibility index (Phi) is 15.0. The topological polar surface area (TPSA) is 208 Å². The first-order valence-electron chi connectivity index (χ1n) is 18.4. The van der Waals surface area contributed by atoms with Crippen molar-refractivity contribution < 1.29 is 44.0 Å². The summed E-state index contributed by atoms with van der Waals surface area (Å²) in [4.78, 5) is 64.4. The van der Waals surface area contributed by atoms with Gasteiger partial charge in [0.05, 0.1) is 7.11 Å². The second-order valence-electron chi connectivity index (χ2n) is 14.4. The zero-order valence-electron chi connectivity index (χ0n) is 30.5. The Morgan fingerprint density at radius 2 is 1.40 bits per heavy atom. The number of hydrogen-bond acceptors (Lipinski definition) is 7. The van der Waals surface area contributed by atoms with Gasteiger partial charge in [0.25, 0.3) is 11.8 Å². The summed E-state index contributed by atoms with van der Waals surface area (Å²) >= 11 is 0. The summed E-state index contributed by atoms with van der Waals surface area (Å²) in [5, 5.41) is 32.5. The highest BCUT2D eigenvalue weighted by molar-refractivity contribution is 5.97. The van der Waals surface area contributed by atoms with Gasteiger partial charge in [-0.05, 0) is 99.1 Å². The molecule has 0 radical (unpaired) electrons. The van der Waals surface area contributed by atoms with Gasteiger partial charge in [-0.3, -0.25) is 14.4 Å². The molecule has 0 spiro atoms. The summed E-state index contributed by atoms with van der Waals surface area (Å²) in [7, 11) is 1.53. The van der Waals surface area contributed by atoms with Crippen LogP contribution in [0, 0.1) is 23.2 Å². The number of imidazole rings is 1. The number of H-pyrrole nitrogens is 1. The zero-order valence-corrected chi connectivity index (χ0v) is 30.5. The molecular formula is C40H52N4O9. The molecule has 4 aliphatic rings. The number of amides is 2. The van der Waals surface area contributed by atoms with E-state index in [1.807, 2.05) is 6.07 Å². The number of aromatic nitrogens is 2. The third kappa shape index (κ3) is 11.9. The number of benzene rings is 2. The third-order valence-electron chi connectivity index (χ3n) is 10.4. The van der Waals surface area contributed by atoms with E-state index >= 15 is 0 Å². The number of nitrogens with one attached hydrogen (secondary N) is 3. The molecule has 2 unspecified atom stereocenters. The van der Waals surface area contributed by atoms with Crippen LogP contribution in [0.15, 0.2) is 67.0 Å². The molecular weight excluding hydrogens is 680 g/mol. The summed E-state index contributed by atoms with van der Waals surface area (Å²) < 4.78 is 5.00. The fourth-order valence-corrected chi connectivity index (χ4v) is 8.30. The molecule has 1 aromatic heterocycles. The Balaban J connectivity index is 0.000000194. The van der Waals surface area contributed by atoms with Crippen LogP contribution in [0.2, 0.25) is 0 Å². The number of methoxy groups -OCH3 is 1. The van der Waals surface area contributed by atoms with Gasteiger partial charge < -0.3 is 35.7 Å². The molecule has 13 heteroatoms. The Morgan fingerprint density at radius 3 is 1.89 bits per heavy atom. The van der Waals surface area contributed by atoms with Crippen LogP contribution < -0.4 is 15.4 Å². The Bertz CT molecular complexity index is 1610. The van der Waals surface area contributed by atoms with Crippen LogP contribution in [-0.2, 0) is 20.8 Å². The van der Waals surface area contributed by atoms with E-state index in [1.54, 1.807) is 54.7 Å². The first-order valence-corrected chi connectivity index (χ1v) is 18.4. The van der Waals surface area contributed by atoms with Crippen molar-refractivity contribution in [3.8, 4) is 5.75 Å². The van der Waals surface area contributed by atoms with Crippen molar-refractivity contribution in [1.29, 1.82) is 0 Å². The van der Waals surface area contributed by atoms with Gasteiger partial charge in [0.15, 0.2) is 0 Å². The monoisotopic (exact) mass is 732 g/mol. The van der Waals surface area contributed by atoms with E-state index in [0.717, 1.165) is 38.5 Å². The second-order valence-corrected chi connectivity index (χ2v) is 14.4. The number of carbonyl (C=O) groups is 5. The maximum atomic E-state index is 12.5. The van der Waals surface area contributed by atoms with E-state index in [9.17, 15) is 34.2 Å². The van der Waals surface area contributed by atoms with Gasteiger partial charge in [-0.1, -0.05) is 44.4 Å². The lowest BCUT2D eigenvalue weighted by Crippen LogP contribution is -2.59. The van der Waals surface area contributed by atoms with Gasteiger partial charge in [0, 0.05) is 41.8 Å². The minimum absolute atomic E-state index is 0.0875. The molecule has 4 saturated carbocycles. The Hall–Kier alpha value is -5.20. The number of carboxylic acid groups (broad SMARTS) is 3. The average Bonchev–Trinajstić information content (AvgIpc) is 3.65. The molecule has 286 valence electrons. The number of ether oxygens (including phenoxy) is 1. The van der Waals surface area contributed by atoms with Crippen LogP contribution in [-0.4, -0.2) is 74.2 Å². The van der Waals surface area contributed by atoms with Crippen molar-refractivity contribution in [2.45, 2.75) is 96.1 Å². The number of aliphatic carboxylic acids is 3. The summed E-state index contributed by atoms with van der Waals surface area (Å²) in [5.41, 5.74) is 0.662. The van der Waals surface area contributed by atoms with E-state index in [2.05, 4.69) is 27.5 Å². The minimum atomic E-state index is -1.12. The molecule has 1 heterocycles. The van der Waals surface area contributed by atoms with Crippen molar-refractivity contribution in [3.63, 3.8) is 0 Å². The highest BCUT2D eigenvalue weighted by atomic mass is 16.5. The highest BCUT2D eigenvalue weighted by Gasteiger charge is 2.56. The van der Waals surface area contributed by atoms with E-state index in [4.69, 9.17) is 9.84 Å². The number of unbranched alkanes of at least 4 members (excludes halogenated alkanes) is 3. The Morgan fingerprint density at radius 1 is 0.811 bits per heavy atom. The summed E-state index contributed by atoms with van der Waals surface area (Å²) in [5.74, 6) is -0.291. The molecule has 0 saturated heterocycles. The van der Waals surface area contributed by atoms with Gasteiger partial charge in [0.1, 0.15) is 23.7 Å². The van der Waals surface area contributed by atoms with E-state index in [1.165, 1.54) is 39.0 Å². The van der Waals surface area contributed by atoms with Crippen LogP contribution >= 0.6 is 0 Å². The summed E-state index contributed by atoms with van der Waals surface area (Å²) in [6, 6.07) is 13.5. The van der Waals surface area contributed by atoms with Crippen LogP contribution in [0.5, 0.6) is 5.75 Å². The lowest BCUT2D eigenvalue weighted by molar-refractivity contribution is -0.151. The predicted octanol–water partition coefficient (Wildman–Crippen LogP) is 5.97. The largest absolute Gasteiger partial charge is 0.497 e. The average molecular weight is 733 g/mol. The molecule has 6 N–H and O–H groups in total. The third-order valence-corrected chi connectivity index (χ3v) is 10.4. The maximum absolute atomic E-state index is 12.5. The zero-order chi connectivity index (χ0) is 38.4. The van der Waals surface area contributed by atoms with E-state index < -0.39 is 35.9 Å². The van der Waals surface area contributed by atoms with Crippen molar-refractivity contribution >= 4 is 29.7 Å². The maximum Gasteiger partial charge on any atom is 0.326 e. The number of carboxylic acids is 3. The summed E-state index contributed by atoms with van der Waals surface area (Å²) in [6.07, 6.45) is 14.4. The fraction of sp³-hybridized carbons (Fsp3) is 0.500. The molecule has 2 atom stereocenters. The van der Waals surface area contributed by atoms with Crippen LogP contribution in [0.4, 0.5) is 0 Å². The Labute approximate surface area is 309 Å².